The van der Waals surface area contributed by atoms with E-state index in [2.05, 4.69) is 10.3 Å². The monoisotopic (exact) mass is 395 g/mol. The number of anilines is 2. The van der Waals surface area contributed by atoms with Crippen LogP contribution in [0.1, 0.15) is 22.8 Å². The van der Waals surface area contributed by atoms with Crippen LogP contribution in [-0.2, 0) is 10.9 Å². The molecule has 1 aromatic heterocycles. The van der Waals surface area contributed by atoms with E-state index in [9.17, 15) is 23.1 Å². The summed E-state index contributed by atoms with van der Waals surface area (Å²) < 4.78 is 44.2. The van der Waals surface area contributed by atoms with Crippen LogP contribution in [0.5, 0.6) is 0 Å². The predicted octanol–water partition coefficient (Wildman–Crippen LogP) is 3.07. The molecule has 0 unspecified atom stereocenters. The minimum absolute atomic E-state index is 0.158. The number of carbonyl (C=O) groups excluding carboxylic acids is 1. The first kappa shape index (κ1) is 20.1. The van der Waals surface area contributed by atoms with Gasteiger partial charge in [0.05, 0.1) is 36.5 Å². The Bertz CT molecular complexity index is 844. The van der Waals surface area contributed by atoms with E-state index < -0.39 is 17.8 Å². The normalized spacial score (nSPS) is 20.1. The number of nitrogens with one attached hydrogen (secondary N) is 1. The number of aliphatic hydroxyl groups is 1. The Morgan fingerprint density at radius 3 is 2.86 bits per heavy atom. The lowest BCUT2D eigenvalue weighted by Gasteiger charge is -2.37. The summed E-state index contributed by atoms with van der Waals surface area (Å²) in [5.41, 5.74) is -0.398. The molecule has 1 aromatic carbocycles. The molecule has 150 valence electrons. The van der Waals surface area contributed by atoms with Crippen LogP contribution in [0.15, 0.2) is 42.6 Å². The van der Waals surface area contributed by atoms with Crippen molar-refractivity contribution in [2.75, 3.05) is 25.1 Å². The van der Waals surface area contributed by atoms with Gasteiger partial charge in [0.15, 0.2) is 0 Å². The van der Waals surface area contributed by atoms with Gasteiger partial charge in [0.1, 0.15) is 5.82 Å². The lowest BCUT2D eigenvalue weighted by atomic mass is 10.1. The minimum atomic E-state index is -4.47. The molecule has 0 aliphatic carbocycles. The molecule has 1 aliphatic rings. The standard InChI is InChI=1S/C19H20F3N3O3/c1-12-11-28-15(10-26)9-25(12)18(27)16-6-3-7-23-17(16)24-14-5-2-4-13(8-14)19(20,21)22/h2-8,12,15,26H,9-11H2,1H3,(H,23,24)/t12-,15-/m1/s1. The van der Waals surface area contributed by atoms with Crippen molar-refractivity contribution in [3.63, 3.8) is 0 Å². The quantitative estimate of drug-likeness (QED) is 0.832. The number of aromatic nitrogens is 1. The van der Waals surface area contributed by atoms with Crippen molar-refractivity contribution >= 4 is 17.4 Å². The zero-order chi connectivity index (χ0) is 20.3. The number of ether oxygens (including phenoxy) is 1. The van der Waals surface area contributed by atoms with Gasteiger partial charge in [-0.1, -0.05) is 6.07 Å². The van der Waals surface area contributed by atoms with Crippen molar-refractivity contribution < 1.29 is 27.8 Å². The second-order valence-corrected chi connectivity index (χ2v) is 6.55. The molecule has 6 nitrogen and oxygen atoms in total. The van der Waals surface area contributed by atoms with Crippen LogP contribution in [-0.4, -0.2) is 52.8 Å². The molecule has 0 spiro atoms. The van der Waals surface area contributed by atoms with Crippen molar-refractivity contribution in [2.45, 2.75) is 25.2 Å². The van der Waals surface area contributed by atoms with Gasteiger partial charge in [0.25, 0.3) is 5.91 Å². The van der Waals surface area contributed by atoms with E-state index in [1.807, 2.05) is 6.92 Å². The highest BCUT2D eigenvalue weighted by Gasteiger charge is 2.32. The Morgan fingerprint density at radius 1 is 1.36 bits per heavy atom. The number of nitrogens with zero attached hydrogens (tertiary/aromatic N) is 2. The van der Waals surface area contributed by atoms with Crippen LogP contribution in [0.3, 0.4) is 0 Å². The summed E-state index contributed by atoms with van der Waals surface area (Å²) in [6.45, 7) is 2.11. The molecular weight excluding hydrogens is 375 g/mol. The summed E-state index contributed by atoms with van der Waals surface area (Å²) >= 11 is 0. The third-order valence-corrected chi connectivity index (χ3v) is 4.46. The molecule has 3 rings (SSSR count). The summed E-state index contributed by atoms with van der Waals surface area (Å²) in [4.78, 5) is 18.7. The first-order valence-corrected chi connectivity index (χ1v) is 8.72. The van der Waals surface area contributed by atoms with Gasteiger partial charge in [0, 0.05) is 18.4 Å². The van der Waals surface area contributed by atoms with Gasteiger partial charge in [-0.3, -0.25) is 4.79 Å². The average Bonchev–Trinajstić information content (AvgIpc) is 2.68. The number of amides is 1. The number of carbonyl (C=O) groups is 1. The predicted molar refractivity (Wildman–Crippen MR) is 96.3 cm³/mol. The molecule has 1 saturated heterocycles. The SMILES string of the molecule is C[C@@H]1CO[C@@H](CO)CN1C(=O)c1cccnc1Nc1cccc(C(F)(F)F)c1. The molecule has 1 aliphatic heterocycles. The van der Waals surface area contributed by atoms with Crippen LogP contribution in [0.4, 0.5) is 24.7 Å². The van der Waals surface area contributed by atoms with Gasteiger partial charge in [-0.2, -0.15) is 13.2 Å². The maximum absolute atomic E-state index is 13.0. The molecule has 0 saturated carbocycles. The molecule has 2 N–H and O–H groups in total. The second-order valence-electron chi connectivity index (χ2n) is 6.55. The van der Waals surface area contributed by atoms with Crippen molar-refractivity contribution in [3.05, 3.63) is 53.7 Å². The number of morpholine rings is 1. The molecule has 9 heteroatoms. The number of alkyl halides is 3. The first-order valence-electron chi connectivity index (χ1n) is 8.72. The number of pyridine rings is 1. The number of benzene rings is 1. The lowest BCUT2D eigenvalue weighted by Crippen LogP contribution is -2.52. The van der Waals surface area contributed by atoms with E-state index in [-0.39, 0.29) is 48.8 Å². The van der Waals surface area contributed by atoms with Crippen molar-refractivity contribution in [1.29, 1.82) is 0 Å². The Morgan fingerprint density at radius 2 is 2.14 bits per heavy atom. The van der Waals surface area contributed by atoms with Crippen molar-refractivity contribution in [3.8, 4) is 0 Å². The number of rotatable bonds is 4. The molecule has 2 heterocycles. The van der Waals surface area contributed by atoms with E-state index >= 15 is 0 Å². The van der Waals surface area contributed by atoms with Gasteiger partial charge in [-0.15, -0.1) is 0 Å². The fraction of sp³-hybridized carbons (Fsp3) is 0.368. The zero-order valence-electron chi connectivity index (χ0n) is 15.1. The second kappa shape index (κ2) is 8.15. The van der Waals surface area contributed by atoms with Gasteiger partial charge in [-0.25, -0.2) is 4.98 Å². The molecular formula is C19H20F3N3O3. The average molecular weight is 395 g/mol. The molecule has 0 radical (unpaired) electrons. The van der Waals surface area contributed by atoms with Gasteiger partial charge >= 0.3 is 6.18 Å². The number of aliphatic hydroxyl groups excluding tert-OH is 1. The molecule has 1 fully saturated rings. The largest absolute Gasteiger partial charge is 0.416 e. The number of halogens is 3. The van der Waals surface area contributed by atoms with Crippen LogP contribution in [0, 0.1) is 0 Å². The van der Waals surface area contributed by atoms with Crippen LogP contribution < -0.4 is 5.32 Å². The van der Waals surface area contributed by atoms with E-state index in [1.54, 1.807) is 17.0 Å². The van der Waals surface area contributed by atoms with Gasteiger partial charge in [-0.05, 0) is 37.3 Å². The van der Waals surface area contributed by atoms with Crippen LogP contribution in [0.2, 0.25) is 0 Å². The summed E-state index contributed by atoms with van der Waals surface area (Å²) in [5.74, 6) is -0.178. The van der Waals surface area contributed by atoms with E-state index in [4.69, 9.17) is 4.74 Å². The maximum Gasteiger partial charge on any atom is 0.416 e. The topological polar surface area (TPSA) is 74.7 Å². The number of hydrogen-bond donors (Lipinski definition) is 2. The highest BCUT2D eigenvalue weighted by Crippen LogP contribution is 2.31. The third kappa shape index (κ3) is 4.42. The fourth-order valence-electron chi connectivity index (χ4n) is 2.95. The third-order valence-electron chi connectivity index (χ3n) is 4.46. The minimum Gasteiger partial charge on any atom is -0.394 e. The molecule has 28 heavy (non-hydrogen) atoms. The van der Waals surface area contributed by atoms with E-state index in [0.717, 1.165) is 12.1 Å². The Labute approximate surface area is 159 Å². The summed E-state index contributed by atoms with van der Waals surface area (Å²) in [6.07, 6.45) is -3.49. The van der Waals surface area contributed by atoms with Crippen molar-refractivity contribution in [2.24, 2.45) is 0 Å². The van der Waals surface area contributed by atoms with Crippen molar-refractivity contribution in [1.82, 2.24) is 9.88 Å². The molecule has 2 atom stereocenters. The highest BCUT2D eigenvalue weighted by atomic mass is 19.4. The highest BCUT2D eigenvalue weighted by molar-refractivity contribution is 5.99. The van der Waals surface area contributed by atoms with Gasteiger partial charge < -0.3 is 20.1 Å². The maximum atomic E-state index is 13.0. The zero-order valence-corrected chi connectivity index (χ0v) is 15.1. The van der Waals surface area contributed by atoms with Crippen LogP contribution in [0.25, 0.3) is 0 Å². The first-order chi connectivity index (χ1) is 13.3. The van der Waals surface area contributed by atoms with E-state index in [1.165, 1.54) is 18.3 Å². The smallest absolute Gasteiger partial charge is 0.394 e. The Kier molecular flexibility index (Phi) is 5.85. The summed E-state index contributed by atoms with van der Waals surface area (Å²) in [7, 11) is 0. The Balaban J connectivity index is 1.86. The molecule has 1 amide bonds. The lowest BCUT2D eigenvalue weighted by molar-refractivity contribution is -0.137. The Hall–Kier alpha value is -2.65. The summed E-state index contributed by atoms with van der Waals surface area (Å²) in [6, 6.07) is 7.61. The van der Waals surface area contributed by atoms with Crippen LogP contribution >= 0.6 is 0 Å². The van der Waals surface area contributed by atoms with Gasteiger partial charge in [0.2, 0.25) is 0 Å². The number of hydrogen-bond acceptors (Lipinski definition) is 5. The summed E-state index contributed by atoms with van der Waals surface area (Å²) in [5, 5.41) is 12.1. The molecule has 0 bridgehead atoms. The fourth-order valence-corrected chi connectivity index (χ4v) is 2.95. The van der Waals surface area contributed by atoms with E-state index in [0.29, 0.717) is 0 Å². The molecule has 2 aromatic rings.